The van der Waals surface area contributed by atoms with E-state index in [4.69, 9.17) is 4.74 Å². The molecule has 29 heavy (non-hydrogen) atoms. The fraction of sp³-hybridized carbons (Fsp3) is 0.476. The number of nitrogens with zero attached hydrogens (tertiary/aromatic N) is 5. The van der Waals surface area contributed by atoms with Crippen LogP contribution in [0.4, 0.5) is 0 Å². The molecule has 0 aromatic carbocycles. The third-order valence-corrected chi connectivity index (χ3v) is 6.91. The van der Waals surface area contributed by atoms with Crippen LogP contribution in [0.5, 0.6) is 5.88 Å². The second-order valence-electron chi connectivity index (χ2n) is 8.09. The highest BCUT2D eigenvalue weighted by Gasteiger charge is 2.42. The van der Waals surface area contributed by atoms with Gasteiger partial charge in [-0.2, -0.15) is 11.3 Å². The van der Waals surface area contributed by atoms with Crippen LogP contribution in [0.1, 0.15) is 24.6 Å². The van der Waals surface area contributed by atoms with Crippen molar-refractivity contribution < 1.29 is 9.84 Å². The number of hydrogen-bond acceptors (Lipinski definition) is 7. The maximum absolute atomic E-state index is 10.8. The zero-order valence-corrected chi connectivity index (χ0v) is 17.2. The van der Waals surface area contributed by atoms with Gasteiger partial charge in [-0.25, -0.2) is 9.67 Å². The Balaban J connectivity index is 1.26. The Morgan fingerprint density at radius 3 is 2.86 bits per heavy atom. The van der Waals surface area contributed by atoms with E-state index in [0.717, 1.165) is 49.4 Å². The molecule has 0 unspecified atom stereocenters. The number of aliphatic hydroxyl groups is 1. The molecule has 1 aliphatic carbocycles. The third-order valence-electron chi connectivity index (χ3n) is 6.23. The molecular formula is C21H25N5O2S. The van der Waals surface area contributed by atoms with Gasteiger partial charge in [0.1, 0.15) is 5.69 Å². The van der Waals surface area contributed by atoms with Crippen molar-refractivity contribution in [2.45, 2.75) is 31.5 Å². The molecule has 4 atom stereocenters. The summed E-state index contributed by atoms with van der Waals surface area (Å²) in [6.07, 6.45) is 3.33. The lowest BCUT2D eigenvalue weighted by Crippen LogP contribution is -2.36. The molecule has 1 saturated carbocycles. The minimum Gasteiger partial charge on any atom is -0.481 e. The van der Waals surface area contributed by atoms with Crippen molar-refractivity contribution in [2.24, 2.45) is 11.8 Å². The molecule has 4 heterocycles. The predicted octanol–water partition coefficient (Wildman–Crippen LogP) is 2.85. The first-order chi connectivity index (χ1) is 14.2. The second-order valence-corrected chi connectivity index (χ2v) is 8.87. The van der Waals surface area contributed by atoms with Crippen LogP contribution in [-0.2, 0) is 6.54 Å². The van der Waals surface area contributed by atoms with Crippen LogP contribution in [0, 0.1) is 11.8 Å². The van der Waals surface area contributed by atoms with Crippen molar-refractivity contribution in [1.82, 2.24) is 24.9 Å². The normalized spacial score (nSPS) is 27.1. The molecule has 8 heteroatoms. The number of ether oxygens (including phenoxy) is 1. The molecule has 5 rings (SSSR count). The zero-order valence-electron chi connectivity index (χ0n) is 16.4. The first kappa shape index (κ1) is 18.7. The highest BCUT2D eigenvalue weighted by molar-refractivity contribution is 7.08. The number of pyridine rings is 1. The van der Waals surface area contributed by atoms with Gasteiger partial charge in [-0.15, -0.1) is 5.10 Å². The van der Waals surface area contributed by atoms with E-state index >= 15 is 0 Å². The summed E-state index contributed by atoms with van der Waals surface area (Å²) in [5.41, 5.74) is 2.98. The summed E-state index contributed by atoms with van der Waals surface area (Å²) in [7, 11) is 1.64. The maximum Gasteiger partial charge on any atom is 0.213 e. The quantitative estimate of drug-likeness (QED) is 0.696. The number of thiophene rings is 1. The van der Waals surface area contributed by atoms with Crippen molar-refractivity contribution in [3.05, 3.63) is 46.9 Å². The molecule has 7 nitrogen and oxygen atoms in total. The minimum absolute atomic E-state index is 0.00831. The largest absolute Gasteiger partial charge is 0.481 e. The van der Waals surface area contributed by atoms with E-state index in [1.165, 1.54) is 0 Å². The van der Waals surface area contributed by atoms with Gasteiger partial charge in [-0.1, -0.05) is 11.3 Å². The molecule has 1 aliphatic heterocycles. The Morgan fingerprint density at radius 1 is 1.21 bits per heavy atom. The van der Waals surface area contributed by atoms with Crippen LogP contribution in [0.2, 0.25) is 0 Å². The van der Waals surface area contributed by atoms with E-state index < -0.39 is 0 Å². The molecule has 0 spiro atoms. The van der Waals surface area contributed by atoms with Gasteiger partial charge >= 0.3 is 0 Å². The van der Waals surface area contributed by atoms with E-state index in [2.05, 4.69) is 25.6 Å². The van der Waals surface area contributed by atoms with Gasteiger partial charge in [0.25, 0.3) is 0 Å². The van der Waals surface area contributed by atoms with Crippen LogP contribution in [0.15, 0.2) is 41.2 Å². The molecule has 1 N–H and O–H groups in total. The second kappa shape index (κ2) is 7.85. The fourth-order valence-corrected chi connectivity index (χ4v) is 5.44. The van der Waals surface area contributed by atoms with E-state index in [9.17, 15) is 5.11 Å². The van der Waals surface area contributed by atoms with Gasteiger partial charge in [-0.3, -0.25) is 4.90 Å². The molecule has 3 aromatic rings. The van der Waals surface area contributed by atoms with E-state index in [0.29, 0.717) is 17.7 Å². The van der Waals surface area contributed by atoms with Crippen LogP contribution < -0.4 is 4.74 Å². The van der Waals surface area contributed by atoms with Gasteiger partial charge in [0, 0.05) is 36.6 Å². The summed E-state index contributed by atoms with van der Waals surface area (Å²) in [6.45, 7) is 2.85. The lowest BCUT2D eigenvalue weighted by atomic mass is 9.77. The monoisotopic (exact) mass is 411 g/mol. The Morgan fingerprint density at radius 2 is 2.07 bits per heavy atom. The number of aromatic nitrogens is 4. The van der Waals surface area contributed by atoms with Crippen molar-refractivity contribution in [1.29, 1.82) is 0 Å². The standard InChI is InChI=1S/C21H25N5O2S/c1-28-21-4-2-3-17(22-21)11-25-9-15-7-19(20(27)8-16(15)10-25)26-12-18(23-24-26)14-5-6-29-13-14/h2-6,12-13,15-16,19-20,27H,7-11H2,1H3/t15-,16+,19-,20-/m1/s1. The Hall–Kier alpha value is -2.29. The number of aliphatic hydroxyl groups excluding tert-OH is 1. The highest BCUT2D eigenvalue weighted by Crippen LogP contribution is 2.41. The molecule has 0 radical (unpaired) electrons. The van der Waals surface area contributed by atoms with Gasteiger partial charge in [0.05, 0.1) is 31.1 Å². The van der Waals surface area contributed by atoms with Crippen molar-refractivity contribution in [3.8, 4) is 17.1 Å². The van der Waals surface area contributed by atoms with Crippen LogP contribution >= 0.6 is 11.3 Å². The number of rotatable bonds is 5. The summed E-state index contributed by atoms with van der Waals surface area (Å²) in [5.74, 6) is 1.73. The fourth-order valence-electron chi connectivity index (χ4n) is 4.79. The molecule has 0 bridgehead atoms. The maximum atomic E-state index is 10.8. The van der Waals surface area contributed by atoms with Crippen LogP contribution in [0.3, 0.4) is 0 Å². The Kier molecular flexibility index (Phi) is 5.07. The molecule has 2 aliphatic rings. The molecular weight excluding hydrogens is 386 g/mol. The number of likely N-dealkylation sites (tertiary alicyclic amines) is 1. The van der Waals surface area contributed by atoms with Gasteiger partial charge in [0.15, 0.2) is 0 Å². The minimum atomic E-state index is -0.386. The summed E-state index contributed by atoms with van der Waals surface area (Å²) >= 11 is 1.65. The van der Waals surface area contributed by atoms with E-state index in [1.807, 2.05) is 40.5 Å². The smallest absolute Gasteiger partial charge is 0.213 e. The number of hydrogen-bond donors (Lipinski definition) is 1. The topological polar surface area (TPSA) is 76.3 Å². The average Bonchev–Trinajstić information content (AvgIpc) is 3.47. The number of methoxy groups -OCH3 is 1. The summed E-state index contributed by atoms with van der Waals surface area (Å²) in [5, 5.41) is 23.6. The summed E-state index contributed by atoms with van der Waals surface area (Å²) in [6, 6.07) is 7.94. The van der Waals surface area contributed by atoms with Gasteiger partial charge in [0.2, 0.25) is 5.88 Å². The summed E-state index contributed by atoms with van der Waals surface area (Å²) in [4.78, 5) is 6.99. The van der Waals surface area contributed by atoms with Gasteiger partial charge < -0.3 is 9.84 Å². The van der Waals surface area contributed by atoms with Crippen LogP contribution in [-0.4, -0.2) is 56.3 Å². The Bertz CT molecular complexity index is 960. The lowest BCUT2D eigenvalue weighted by molar-refractivity contribution is 0.0298. The molecule has 152 valence electrons. The highest BCUT2D eigenvalue weighted by atomic mass is 32.1. The SMILES string of the molecule is COc1cccc(CN2C[C@H]3C[C@@H](n4cc(-c5ccsc5)nn4)[C@H](O)C[C@H]3C2)n1. The van der Waals surface area contributed by atoms with Gasteiger partial charge in [-0.05, 0) is 42.2 Å². The van der Waals surface area contributed by atoms with Crippen molar-refractivity contribution in [2.75, 3.05) is 20.2 Å². The van der Waals surface area contributed by atoms with E-state index in [1.54, 1.807) is 18.4 Å². The van der Waals surface area contributed by atoms with Crippen molar-refractivity contribution >= 4 is 11.3 Å². The zero-order chi connectivity index (χ0) is 19.8. The molecule has 3 aromatic heterocycles. The molecule has 1 saturated heterocycles. The molecule has 2 fully saturated rings. The molecule has 0 amide bonds. The van der Waals surface area contributed by atoms with Crippen molar-refractivity contribution in [3.63, 3.8) is 0 Å². The Labute approximate surface area is 174 Å². The summed E-state index contributed by atoms with van der Waals surface area (Å²) < 4.78 is 7.12. The average molecular weight is 412 g/mol. The third kappa shape index (κ3) is 3.80. The first-order valence-electron chi connectivity index (χ1n) is 10.0. The van der Waals surface area contributed by atoms with Crippen LogP contribution in [0.25, 0.3) is 11.3 Å². The first-order valence-corrected chi connectivity index (χ1v) is 11.0. The number of fused-ring (bicyclic) bond motifs is 1. The lowest BCUT2D eigenvalue weighted by Gasteiger charge is -2.35. The van der Waals surface area contributed by atoms with E-state index in [-0.39, 0.29) is 12.1 Å². The predicted molar refractivity (Wildman–Crippen MR) is 111 cm³/mol.